The summed E-state index contributed by atoms with van der Waals surface area (Å²) < 4.78 is 5.00. The molecule has 1 unspecified atom stereocenters. The van der Waals surface area contributed by atoms with E-state index in [2.05, 4.69) is 10.6 Å². The van der Waals surface area contributed by atoms with Crippen LogP contribution in [0.15, 0.2) is 24.3 Å². The van der Waals surface area contributed by atoms with Crippen LogP contribution in [0.5, 0.6) is 0 Å². The lowest BCUT2D eigenvalue weighted by atomic mass is 10.2. The Morgan fingerprint density at radius 1 is 1.42 bits per heavy atom. The van der Waals surface area contributed by atoms with Crippen LogP contribution in [-0.2, 0) is 9.53 Å². The van der Waals surface area contributed by atoms with Crippen LogP contribution in [0.25, 0.3) is 0 Å². The normalized spacial score (nSPS) is 12.2. The molecule has 0 aliphatic heterocycles. The van der Waals surface area contributed by atoms with E-state index >= 15 is 0 Å². The van der Waals surface area contributed by atoms with E-state index < -0.39 is 0 Å². The number of benzene rings is 1. The number of carbonyl (C=O) groups is 1. The van der Waals surface area contributed by atoms with Crippen LogP contribution in [0.1, 0.15) is 6.42 Å². The van der Waals surface area contributed by atoms with Gasteiger partial charge in [0.25, 0.3) is 0 Å². The second kappa shape index (κ2) is 8.87. The van der Waals surface area contributed by atoms with Gasteiger partial charge in [-0.3, -0.25) is 4.79 Å². The van der Waals surface area contributed by atoms with Gasteiger partial charge in [-0.05, 0) is 30.7 Å². The first-order valence-electron chi connectivity index (χ1n) is 6.04. The molecule has 0 spiro atoms. The van der Waals surface area contributed by atoms with Crippen LogP contribution in [0.2, 0.25) is 5.02 Å². The second-order valence-electron chi connectivity index (χ2n) is 4.10. The molecular weight excluding hydrogens is 268 g/mol. The molecule has 0 radical (unpaired) electrons. The van der Waals surface area contributed by atoms with E-state index in [1.807, 2.05) is 0 Å². The molecule has 0 heterocycles. The molecule has 5 nitrogen and oxygen atoms in total. The van der Waals surface area contributed by atoms with Gasteiger partial charge in [0.1, 0.15) is 0 Å². The maximum atomic E-state index is 11.7. The van der Waals surface area contributed by atoms with E-state index in [9.17, 15) is 4.79 Å². The zero-order valence-electron chi connectivity index (χ0n) is 10.9. The molecule has 19 heavy (non-hydrogen) atoms. The molecule has 1 aromatic rings. The number of hydrogen-bond donors (Lipinski definition) is 3. The summed E-state index contributed by atoms with van der Waals surface area (Å²) in [5.74, 6) is -0.152. The number of nitrogens with one attached hydrogen (secondary N) is 2. The number of aliphatic hydroxyl groups is 1. The van der Waals surface area contributed by atoms with Gasteiger partial charge >= 0.3 is 0 Å². The van der Waals surface area contributed by atoms with Crippen molar-refractivity contribution in [3.8, 4) is 0 Å². The third-order valence-corrected chi connectivity index (χ3v) is 2.78. The van der Waals surface area contributed by atoms with Crippen LogP contribution >= 0.6 is 11.6 Å². The predicted molar refractivity (Wildman–Crippen MR) is 75.5 cm³/mol. The zero-order valence-corrected chi connectivity index (χ0v) is 11.6. The average Bonchev–Trinajstić information content (AvgIpc) is 2.39. The molecule has 0 saturated carbocycles. The third-order valence-electron chi connectivity index (χ3n) is 2.52. The van der Waals surface area contributed by atoms with Crippen LogP contribution in [0.3, 0.4) is 0 Å². The molecule has 1 amide bonds. The lowest BCUT2D eigenvalue weighted by Crippen LogP contribution is -2.39. The van der Waals surface area contributed by atoms with E-state index in [4.69, 9.17) is 21.4 Å². The Balaban J connectivity index is 2.35. The van der Waals surface area contributed by atoms with E-state index in [0.717, 1.165) is 0 Å². The SMILES string of the molecule is COCC(CCO)NCC(=O)Nc1ccc(Cl)cc1. The Hall–Kier alpha value is -1.14. The van der Waals surface area contributed by atoms with Crippen molar-refractivity contribution >= 4 is 23.2 Å². The van der Waals surface area contributed by atoms with Gasteiger partial charge in [-0.25, -0.2) is 0 Å². The standard InChI is InChI=1S/C13H19ClN2O3/c1-19-9-12(6-7-17)15-8-13(18)16-11-4-2-10(14)3-5-11/h2-5,12,15,17H,6-9H2,1H3,(H,16,18). The second-order valence-corrected chi connectivity index (χ2v) is 4.54. The Bertz CT molecular complexity index is 378. The Labute approximate surface area is 117 Å². The van der Waals surface area contributed by atoms with Crippen LogP contribution < -0.4 is 10.6 Å². The molecule has 1 aromatic carbocycles. The first-order valence-corrected chi connectivity index (χ1v) is 6.42. The fraction of sp³-hybridized carbons (Fsp3) is 0.462. The molecule has 0 saturated heterocycles. The number of amides is 1. The van der Waals surface area contributed by atoms with E-state index in [1.165, 1.54) is 0 Å². The summed E-state index contributed by atoms with van der Waals surface area (Å²) in [7, 11) is 1.58. The lowest BCUT2D eigenvalue weighted by molar-refractivity contribution is -0.115. The summed E-state index contributed by atoms with van der Waals surface area (Å²) in [6.45, 7) is 0.672. The average molecular weight is 287 g/mol. The van der Waals surface area contributed by atoms with Crippen LogP contribution in [0.4, 0.5) is 5.69 Å². The summed E-state index contributed by atoms with van der Waals surface area (Å²) in [6.07, 6.45) is 0.544. The molecule has 106 valence electrons. The number of carbonyl (C=O) groups excluding carboxylic acids is 1. The van der Waals surface area contributed by atoms with Gasteiger partial charge in [-0.1, -0.05) is 11.6 Å². The van der Waals surface area contributed by atoms with Crippen molar-refractivity contribution in [3.63, 3.8) is 0 Å². The molecule has 0 aromatic heterocycles. The number of hydrogen-bond acceptors (Lipinski definition) is 4. The molecule has 0 bridgehead atoms. The molecule has 1 rings (SSSR count). The highest BCUT2D eigenvalue weighted by molar-refractivity contribution is 6.30. The van der Waals surface area contributed by atoms with Crippen molar-refractivity contribution in [1.82, 2.24) is 5.32 Å². The van der Waals surface area contributed by atoms with Gasteiger partial charge in [0.05, 0.1) is 13.2 Å². The molecule has 0 aliphatic rings. The van der Waals surface area contributed by atoms with Crippen molar-refractivity contribution in [2.24, 2.45) is 0 Å². The highest BCUT2D eigenvalue weighted by Gasteiger charge is 2.09. The number of rotatable bonds is 8. The fourth-order valence-corrected chi connectivity index (χ4v) is 1.70. The van der Waals surface area contributed by atoms with E-state index in [1.54, 1.807) is 31.4 Å². The van der Waals surface area contributed by atoms with E-state index in [0.29, 0.717) is 23.7 Å². The molecule has 6 heteroatoms. The van der Waals surface area contributed by atoms with Crippen molar-refractivity contribution in [3.05, 3.63) is 29.3 Å². The molecule has 0 fully saturated rings. The Morgan fingerprint density at radius 3 is 2.68 bits per heavy atom. The minimum Gasteiger partial charge on any atom is -0.396 e. The number of halogens is 1. The van der Waals surface area contributed by atoms with Crippen molar-refractivity contribution < 1.29 is 14.6 Å². The third kappa shape index (κ3) is 6.54. The largest absolute Gasteiger partial charge is 0.396 e. The number of aliphatic hydroxyl groups excluding tert-OH is 1. The van der Waals surface area contributed by atoms with Gasteiger partial charge in [0, 0.05) is 30.5 Å². The van der Waals surface area contributed by atoms with Gasteiger partial charge in [-0.2, -0.15) is 0 Å². The maximum absolute atomic E-state index is 11.7. The van der Waals surface area contributed by atoms with Crippen molar-refractivity contribution in [2.75, 3.05) is 32.2 Å². The van der Waals surface area contributed by atoms with E-state index in [-0.39, 0.29) is 25.1 Å². The topological polar surface area (TPSA) is 70.6 Å². The molecule has 0 aliphatic carbocycles. The van der Waals surface area contributed by atoms with Gasteiger partial charge in [-0.15, -0.1) is 0 Å². The predicted octanol–water partition coefficient (Wildman–Crippen LogP) is 1.27. The molecule has 3 N–H and O–H groups in total. The maximum Gasteiger partial charge on any atom is 0.238 e. The smallest absolute Gasteiger partial charge is 0.238 e. The quantitative estimate of drug-likeness (QED) is 0.673. The summed E-state index contributed by atoms with van der Waals surface area (Å²) in [6, 6.07) is 6.86. The number of ether oxygens (including phenoxy) is 1. The summed E-state index contributed by atoms with van der Waals surface area (Å²) >= 11 is 5.76. The van der Waals surface area contributed by atoms with Crippen LogP contribution in [0, 0.1) is 0 Å². The summed E-state index contributed by atoms with van der Waals surface area (Å²) in [4.78, 5) is 11.7. The van der Waals surface area contributed by atoms with Crippen molar-refractivity contribution in [1.29, 1.82) is 0 Å². The van der Waals surface area contributed by atoms with Crippen molar-refractivity contribution in [2.45, 2.75) is 12.5 Å². The zero-order chi connectivity index (χ0) is 14.1. The molecule has 1 atom stereocenters. The summed E-state index contributed by atoms with van der Waals surface area (Å²) in [5.41, 5.74) is 0.696. The van der Waals surface area contributed by atoms with Gasteiger partial charge in [0.15, 0.2) is 0 Å². The minimum atomic E-state index is -0.152. The van der Waals surface area contributed by atoms with Gasteiger partial charge in [0.2, 0.25) is 5.91 Å². The lowest BCUT2D eigenvalue weighted by Gasteiger charge is -2.16. The monoisotopic (exact) mass is 286 g/mol. The molecular formula is C13H19ClN2O3. The number of methoxy groups -OCH3 is 1. The Morgan fingerprint density at radius 2 is 2.11 bits per heavy atom. The first-order chi connectivity index (χ1) is 9.15. The summed E-state index contributed by atoms with van der Waals surface area (Å²) in [5, 5.41) is 15.3. The highest BCUT2D eigenvalue weighted by Crippen LogP contribution is 2.12. The van der Waals surface area contributed by atoms with Crippen LogP contribution in [-0.4, -0.2) is 43.9 Å². The van der Waals surface area contributed by atoms with Gasteiger partial charge < -0.3 is 20.5 Å². The highest BCUT2D eigenvalue weighted by atomic mass is 35.5. The Kier molecular flexibility index (Phi) is 7.43. The minimum absolute atomic E-state index is 0.0361. The fourth-order valence-electron chi connectivity index (χ4n) is 1.58. The first kappa shape index (κ1) is 15.9. The number of anilines is 1.